The molecule has 0 unspecified atom stereocenters. The lowest BCUT2D eigenvalue weighted by Crippen LogP contribution is -2.47. The highest BCUT2D eigenvalue weighted by Gasteiger charge is 2.50. The number of hydrogen-bond acceptors (Lipinski definition) is 3. The molecule has 1 saturated heterocycles. The molecule has 0 saturated carbocycles. The zero-order chi connectivity index (χ0) is 16.8. The minimum absolute atomic E-state index is 0. The van der Waals surface area contributed by atoms with E-state index in [9.17, 15) is 21.6 Å². The third kappa shape index (κ3) is 6.34. The fraction of sp³-hybridized carbons (Fsp3) is 0.750. The number of piperidine rings is 1. The van der Waals surface area contributed by atoms with Crippen LogP contribution < -0.4 is 10.6 Å². The SMILES string of the molecule is C#CCNC(=NC)NCC1CCN(S(=O)(=O)C(F)(F)F)CC1.I. The molecule has 11 heteroatoms. The number of halogens is 4. The van der Waals surface area contributed by atoms with Gasteiger partial charge in [0.15, 0.2) is 5.96 Å². The summed E-state index contributed by atoms with van der Waals surface area (Å²) in [5.74, 6) is 2.97. The van der Waals surface area contributed by atoms with Crippen molar-refractivity contribution in [1.29, 1.82) is 0 Å². The third-order valence-corrected chi connectivity index (χ3v) is 4.98. The molecule has 23 heavy (non-hydrogen) atoms. The van der Waals surface area contributed by atoms with E-state index in [1.54, 1.807) is 7.05 Å². The molecule has 0 spiro atoms. The molecule has 1 heterocycles. The fourth-order valence-electron chi connectivity index (χ4n) is 2.10. The predicted octanol–water partition coefficient (Wildman–Crippen LogP) is 0.964. The van der Waals surface area contributed by atoms with Crippen molar-refractivity contribution < 1.29 is 21.6 Å². The molecule has 1 aliphatic heterocycles. The molecule has 0 aromatic heterocycles. The van der Waals surface area contributed by atoms with Crippen LogP contribution in [0.4, 0.5) is 13.2 Å². The number of hydrogen-bond donors (Lipinski definition) is 2. The van der Waals surface area contributed by atoms with E-state index < -0.39 is 15.5 Å². The second-order valence-electron chi connectivity index (χ2n) is 4.80. The van der Waals surface area contributed by atoms with Gasteiger partial charge in [0.2, 0.25) is 0 Å². The fourth-order valence-corrected chi connectivity index (χ4v) is 3.08. The van der Waals surface area contributed by atoms with E-state index in [1.165, 1.54) is 0 Å². The Morgan fingerprint density at radius 3 is 2.35 bits per heavy atom. The Labute approximate surface area is 151 Å². The van der Waals surface area contributed by atoms with Crippen molar-refractivity contribution in [3.8, 4) is 12.3 Å². The minimum atomic E-state index is -5.24. The van der Waals surface area contributed by atoms with Crippen LogP contribution in [0.3, 0.4) is 0 Å². The molecule has 0 aromatic carbocycles. The Morgan fingerprint density at radius 1 is 1.35 bits per heavy atom. The van der Waals surface area contributed by atoms with Crippen LogP contribution in [0, 0.1) is 18.3 Å². The van der Waals surface area contributed by atoms with E-state index in [-0.39, 0.29) is 43.0 Å². The molecule has 0 amide bonds. The Bertz CT molecular complexity index is 537. The van der Waals surface area contributed by atoms with Gasteiger partial charge >= 0.3 is 15.5 Å². The molecule has 6 nitrogen and oxygen atoms in total. The van der Waals surface area contributed by atoms with Gasteiger partial charge in [-0.05, 0) is 18.8 Å². The quantitative estimate of drug-likeness (QED) is 0.279. The first-order valence-corrected chi connectivity index (χ1v) is 8.10. The van der Waals surface area contributed by atoms with E-state index in [4.69, 9.17) is 6.42 Å². The zero-order valence-corrected chi connectivity index (χ0v) is 15.7. The van der Waals surface area contributed by atoms with Gasteiger partial charge in [0.25, 0.3) is 0 Å². The molecular formula is C12H20F3IN4O2S. The topological polar surface area (TPSA) is 73.8 Å². The Morgan fingerprint density at radius 2 is 1.91 bits per heavy atom. The van der Waals surface area contributed by atoms with Gasteiger partial charge in [-0.1, -0.05) is 5.92 Å². The number of rotatable bonds is 4. The molecule has 0 aromatic rings. The van der Waals surface area contributed by atoms with Gasteiger partial charge in [0.05, 0.1) is 6.54 Å². The summed E-state index contributed by atoms with van der Waals surface area (Å²) in [5.41, 5.74) is -5.24. The lowest BCUT2D eigenvalue weighted by Gasteiger charge is -2.31. The maximum atomic E-state index is 12.5. The first kappa shape index (κ1) is 22.3. The minimum Gasteiger partial charge on any atom is -0.356 e. The number of nitrogens with zero attached hydrogens (tertiary/aromatic N) is 2. The first-order valence-electron chi connectivity index (χ1n) is 6.66. The van der Waals surface area contributed by atoms with Crippen LogP contribution in [0.1, 0.15) is 12.8 Å². The second-order valence-corrected chi connectivity index (χ2v) is 6.73. The summed E-state index contributed by atoms with van der Waals surface area (Å²) in [7, 11) is -3.64. The Hall–Kier alpha value is -0.740. The van der Waals surface area contributed by atoms with Crippen LogP contribution in [-0.4, -0.2) is 57.4 Å². The van der Waals surface area contributed by atoms with Crippen LogP contribution in [-0.2, 0) is 10.0 Å². The summed E-state index contributed by atoms with van der Waals surface area (Å²) >= 11 is 0. The Kier molecular flexibility index (Phi) is 9.22. The molecule has 1 rings (SSSR count). The standard InChI is InChI=1S/C12H19F3N4O2S.HI/c1-3-6-17-11(16-2)18-9-10-4-7-19(8-5-10)22(20,21)12(13,14)15;/h1,10H,4-9H2,2H3,(H2,16,17,18);1H. The maximum absolute atomic E-state index is 12.5. The van der Waals surface area contributed by atoms with Crippen molar-refractivity contribution in [2.24, 2.45) is 10.9 Å². The monoisotopic (exact) mass is 468 g/mol. The number of alkyl halides is 3. The largest absolute Gasteiger partial charge is 0.511 e. The number of terminal acetylenes is 1. The van der Waals surface area contributed by atoms with E-state index in [0.717, 1.165) is 0 Å². The summed E-state index contributed by atoms with van der Waals surface area (Å²) in [6.07, 6.45) is 5.82. The third-order valence-electron chi connectivity index (χ3n) is 3.35. The van der Waals surface area contributed by atoms with E-state index in [0.29, 0.717) is 36.2 Å². The Balaban J connectivity index is 0.00000484. The van der Waals surface area contributed by atoms with Gasteiger partial charge in [-0.2, -0.15) is 17.5 Å². The number of guanidine groups is 1. The van der Waals surface area contributed by atoms with Crippen LogP contribution in [0.2, 0.25) is 0 Å². The molecular weight excluding hydrogens is 448 g/mol. The summed E-state index contributed by atoms with van der Waals surface area (Å²) < 4.78 is 60.4. The number of aliphatic imine (C=N–C) groups is 1. The molecule has 0 radical (unpaired) electrons. The maximum Gasteiger partial charge on any atom is 0.511 e. The van der Waals surface area contributed by atoms with Crippen molar-refractivity contribution in [2.75, 3.05) is 33.2 Å². The van der Waals surface area contributed by atoms with Crippen LogP contribution in [0.25, 0.3) is 0 Å². The van der Waals surface area contributed by atoms with E-state index >= 15 is 0 Å². The summed E-state index contributed by atoms with van der Waals surface area (Å²) in [6, 6.07) is 0. The zero-order valence-electron chi connectivity index (χ0n) is 12.6. The van der Waals surface area contributed by atoms with Crippen molar-refractivity contribution in [1.82, 2.24) is 14.9 Å². The van der Waals surface area contributed by atoms with Gasteiger partial charge in [0, 0.05) is 26.7 Å². The second kappa shape index (κ2) is 9.53. The van der Waals surface area contributed by atoms with Crippen molar-refractivity contribution >= 4 is 40.0 Å². The normalized spacial score (nSPS) is 18.0. The molecule has 1 fully saturated rings. The van der Waals surface area contributed by atoms with Gasteiger partial charge in [-0.15, -0.1) is 30.4 Å². The summed E-state index contributed by atoms with van der Waals surface area (Å²) in [6.45, 7) is 0.529. The van der Waals surface area contributed by atoms with Crippen molar-refractivity contribution in [2.45, 2.75) is 18.3 Å². The summed E-state index contributed by atoms with van der Waals surface area (Å²) in [4.78, 5) is 3.94. The van der Waals surface area contributed by atoms with E-state index in [2.05, 4.69) is 21.5 Å². The van der Waals surface area contributed by atoms with Gasteiger partial charge in [-0.3, -0.25) is 4.99 Å². The lowest BCUT2D eigenvalue weighted by atomic mass is 9.98. The van der Waals surface area contributed by atoms with Crippen molar-refractivity contribution in [3.63, 3.8) is 0 Å². The highest BCUT2D eigenvalue weighted by molar-refractivity contribution is 14.0. The van der Waals surface area contributed by atoms with Crippen LogP contribution >= 0.6 is 24.0 Å². The van der Waals surface area contributed by atoms with Gasteiger partial charge < -0.3 is 10.6 Å². The number of sulfonamides is 1. The van der Waals surface area contributed by atoms with Crippen LogP contribution in [0.5, 0.6) is 0 Å². The highest BCUT2D eigenvalue weighted by atomic mass is 127. The average molecular weight is 468 g/mol. The molecule has 0 bridgehead atoms. The van der Waals surface area contributed by atoms with Gasteiger partial charge in [0.1, 0.15) is 0 Å². The van der Waals surface area contributed by atoms with Gasteiger partial charge in [-0.25, -0.2) is 8.42 Å². The lowest BCUT2D eigenvalue weighted by molar-refractivity contribution is -0.0496. The molecule has 0 atom stereocenters. The highest BCUT2D eigenvalue weighted by Crippen LogP contribution is 2.30. The predicted molar refractivity (Wildman–Crippen MR) is 92.9 cm³/mol. The van der Waals surface area contributed by atoms with Crippen LogP contribution in [0.15, 0.2) is 4.99 Å². The molecule has 0 aliphatic carbocycles. The van der Waals surface area contributed by atoms with Crippen molar-refractivity contribution in [3.05, 3.63) is 0 Å². The number of nitrogens with one attached hydrogen (secondary N) is 2. The first-order chi connectivity index (χ1) is 10.2. The average Bonchev–Trinajstić information content (AvgIpc) is 2.47. The van der Waals surface area contributed by atoms with E-state index in [1.807, 2.05) is 0 Å². The smallest absolute Gasteiger partial charge is 0.356 e. The molecule has 1 aliphatic rings. The molecule has 2 N–H and O–H groups in total. The summed E-state index contributed by atoms with van der Waals surface area (Å²) in [5, 5.41) is 5.87. The molecule has 134 valence electrons.